The van der Waals surface area contributed by atoms with Crippen molar-refractivity contribution in [3.05, 3.63) is 54.2 Å². The number of pyridine rings is 1. The molecule has 3 heterocycles. The molecule has 5 heteroatoms. The minimum absolute atomic E-state index is 0.229. The SMILES string of the molecule is O=C(CCc1ccco1)N1CCCN(Cc2ccncc2)CC1. The van der Waals surface area contributed by atoms with Crippen LogP contribution in [-0.4, -0.2) is 46.9 Å². The number of hydrogen-bond donors (Lipinski definition) is 0. The quantitative estimate of drug-likeness (QED) is 0.850. The van der Waals surface area contributed by atoms with Crippen molar-refractivity contribution in [3.63, 3.8) is 0 Å². The molecule has 0 aromatic carbocycles. The first-order chi connectivity index (χ1) is 11.3. The van der Waals surface area contributed by atoms with E-state index in [-0.39, 0.29) is 5.91 Å². The van der Waals surface area contributed by atoms with Gasteiger partial charge in [0.2, 0.25) is 5.91 Å². The van der Waals surface area contributed by atoms with Crippen LogP contribution in [0.15, 0.2) is 47.3 Å². The van der Waals surface area contributed by atoms with E-state index in [0.717, 1.165) is 44.9 Å². The maximum atomic E-state index is 12.4. The minimum atomic E-state index is 0.229. The number of amides is 1. The normalized spacial score (nSPS) is 16.3. The molecule has 2 aromatic rings. The van der Waals surface area contributed by atoms with E-state index in [0.29, 0.717) is 12.8 Å². The molecular formula is C18H23N3O2. The van der Waals surface area contributed by atoms with Crippen molar-refractivity contribution in [3.8, 4) is 0 Å². The third-order valence-corrected chi connectivity index (χ3v) is 4.26. The van der Waals surface area contributed by atoms with Gasteiger partial charge in [-0.15, -0.1) is 0 Å². The highest BCUT2D eigenvalue weighted by Crippen LogP contribution is 2.11. The lowest BCUT2D eigenvalue weighted by Gasteiger charge is -2.22. The second-order valence-electron chi connectivity index (χ2n) is 5.95. The largest absolute Gasteiger partial charge is 0.469 e. The highest BCUT2D eigenvalue weighted by Gasteiger charge is 2.19. The Morgan fingerprint density at radius 1 is 1.13 bits per heavy atom. The molecule has 0 atom stereocenters. The Labute approximate surface area is 136 Å². The number of furan rings is 1. The van der Waals surface area contributed by atoms with Crippen LogP contribution in [0.1, 0.15) is 24.2 Å². The summed E-state index contributed by atoms with van der Waals surface area (Å²) in [6.07, 6.45) is 7.55. The van der Waals surface area contributed by atoms with E-state index in [1.54, 1.807) is 6.26 Å². The van der Waals surface area contributed by atoms with Crippen LogP contribution in [0, 0.1) is 0 Å². The van der Waals surface area contributed by atoms with Gasteiger partial charge in [-0.3, -0.25) is 14.7 Å². The molecule has 1 aliphatic rings. The van der Waals surface area contributed by atoms with Crippen molar-refractivity contribution in [2.75, 3.05) is 26.2 Å². The van der Waals surface area contributed by atoms with Crippen LogP contribution in [0.2, 0.25) is 0 Å². The van der Waals surface area contributed by atoms with Crippen LogP contribution < -0.4 is 0 Å². The predicted molar refractivity (Wildman–Crippen MR) is 87.7 cm³/mol. The Hall–Kier alpha value is -2.14. The highest BCUT2D eigenvalue weighted by molar-refractivity contribution is 5.76. The van der Waals surface area contributed by atoms with Gasteiger partial charge in [0.05, 0.1) is 6.26 Å². The minimum Gasteiger partial charge on any atom is -0.469 e. The zero-order chi connectivity index (χ0) is 15.9. The summed E-state index contributed by atoms with van der Waals surface area (Å²) in [5, 5.41) is 0. The van der Waals surface area contributed by atoms with Gasteiger partial charge in [0, 0.05) is 58.0 Å². The number of aromatic nitrogens is 1. The molecule has 0 radical (unpaired) electrons. The van der Waals surface area contributed by atoms with E-state index in [4.69, 9.17) is 4.42 Å². The van der Waals surface area contributed by atoms with Crippen LogP contribution in [-0.2, 0) is 17.8 Å². The van der Waals surface area contributed by atoms with Crippen LogP contribution in [0.3, 0.4) is 0 Å². The van der Waals surface area contributed by atoms with Gasteiger partial charge in [0.15, 0.2) is 0 Å². The summed E-state index contributed by atoms with van der Waals surface area (Å²) >= 11 is 0. The molecule has 3 rings (SSSR count). The van der Waals surface area contributed by atoms with E-state index in [9.17, 15) is 4.79 Å². The molecule has 23 heavy (non-hydrogen) atoms. The average Bonchev–Trinajstić information content (AvgIpc) is 2.99. The van der Waals surface area contributed by atoms with Gasteiger partial charge < -0.3 is 9.32 Å². The molecule has 0 bridgehead atoms. The molecule has 1 amide bonds. The lowest BCUT2D eigenvalue weighted by Crippen LogP contribution is -2.35. The number of hydrogen-bond acceptors (Lipinski definition) is 4. The standard InChI is InChI=1S/C18H23N3O2/c22-18(5-4-17-3-1-14-23-17)21-11-2-10-20(12-13-21)15-16-6-8-19-9-7-16/h1,3,6-9,14H,2,4-5,10-13,15H2. The fourth-order valence-electron chi connectivity index (χ4n) is 2.97. The number of carbonyl (C=O) groups is 1. The van der Waals surface area contributed by atoms with Crippen molar-refractivity contribution < 1.29 is 9.21 Å². The van der Waals surface area contributed by atoms with Crippen molar-refractivity contribution in [1.29, 1.82) is 0 Å². The number of nitrogens with zero attached hydrogens (tertiary/aromatic N) is 3. The fourth-order valence-corrected chi connectivity index (χ4v) is 2.97. The Morgan fingerprint density at radius 3 is 2.78 bits per heavy atom. The summed E-state index contributed by atoms with van der Waals surface area (Å²) in [5.74, 6) is 1.11. The highest BCUT2D eigenvalue weighted by atomic mass is 16.3. The molecule has 0 saturated carbocycles. The molecule has 122 valence electrons. The van der Waals surface area contributed by atoms with Crippen LogP contribution >= 0.6 is 0 Å². The summed E-state index contributed by atoms with van der Waals surface area (Å²) in [5.41, 5.74) is 1.28. The Bertz CT molecular complexity index is 598. The molecule has 0 N–H and O–H groups in total. The van der Waals surface area contributed by atoms with Gasteiger partial charge in [-0.2, -0.15) is 0 Å². The average molecular weight is 313 g/mol. The van der Waals surface area contributed by atoms with Gasteiger partial charge in [-0.05, 0) is 36.2 Å². The lowest BCUT2D eigenvalue weighted by atomic mass is 10.2. The van der Waals surface area contributed by atoms with Crippen molar-refractivity contribution in [2.24, 2.45) is 0 Å². The molecule has 0 spiro atoms. The van der Waals surface area contributed by atoms with Crippen LogP contribution in [0.4, 0.5) is 0 Å². The maximum absolute atomic E-state index is 12.4. The Balaban J connectivity index is 1.47. The molecule has 1 saturated heterocycles. The summed E-state index contributed by atoms with van der Waals surface area (Å²) in [4.78, 5) is 20.8. The number of aryl methyl sites for hydroxylation is 1. The fraction of sp³-hybridized carbons (Fsp3) is 0.444. The zero-order valence-electron chi connectivity index (χ0n) is 13.4. The monoisotopic (exact) mass is 313 g/mol. The Kier molecular flexibility index (Phi) is 5.42. The molecule has 1 fully saturated rings. The van der Waals surface area contributed by atoms with Crippen molar-refractivity contribution in [2.45, 2.75) is 25.8 Å². The van der Waals surface area contributed by atoms with Gasteiger partial charge in [-0.25, -0.2) is 0 Å². The first-order valence-electron chi connectivity index (χ1n) is 8.23. The maximum Gasteiger partial charge on any atom is 0.223 e. The van der Waals surface area contributed by atoms with Gasteiger partial charge in [0.25, 0.3) is 0 Å². The second kappa shape index (κ2) is 7.92. The summed E-state index contributed by atoms with van der Waals surface area (Å²) in [6.45, 7) is 4.54. The van der Waals surface area contributed by atoms with Gasteiger partial charge in [0.1, 0.15) is 5.76 Å². The van der Waals surface area contributed by atoms with E-state index < -0.39 is 0 Å². The molecular weight excluding hydrogens is 290 g/mol. The summed E-state index contributed by atoms with van der Waals surface area (Å²) in [7, 11) is 0. The summed E-state index contributed by atoms with van der Waals surface area (Å²) in [6, 6.07) is 7.89. The molecule has 2 aromatic heterocycles. The van der Waals surface area contributed by atoms with Gasteiger partial charge in [-0.1, -0.05) is 0 Å². The molecule has 1 aliphatic heterocycles. The Morgan fingerprint density at radius 2 is 2.00 bits per heavy atom. The smallest absolute Gasteiger partial charge is 0.223 e. The van der Waals surface area contributed by atoms with E-state index >= 15 is 0 Å². The first kappa shape index (κ1) is 15.7. The lowest BCUT2D eigenvalue weighted by molar-refractivity contribution is -0.131. The van der Waals surface area contributed by atoms with E-state index in [2.05, 4.69) is 22.0 Å². The molecule has 0 aliphatic carbocycles. The first-order valence-corrected chi connectivity index (χ1v) is 8.23. The zero-order valence-corrected chi connectivity index (χ0v) is 13.4. The predicted octanol–water partition coefficient (Wildman–Crippen LogP) is 2.34. The molecule has 5 nitrogen and oxygen atoms in total. The topological polar surface area (TPSA) is 49.6 Å². The van der Waals surface area contributed by atoms with E-state index in [1.807, 2.05) is 29.4 Å². The third kappa shape index (κ3) is 4.66. The van der Waals surface area contributed by atoms with Crippen LogP contribution in [0.25, 0.3) is 0 Å². The van der Waals surface area contributed by atoms with Crippen molar-refractivity contribution >= 4 is 5.91 Å². The summed E-state index contributed by atoms with van der Waals surface area (Å²) < 4.78 is 5.30. The molecule has 0 unspecified atom stereocenters. The number of rotatable bonds is 5. The number of carbonyl (C=O) groups excluding carboxylic acids is 1. The second-order valence-corrected chi connectivity index (χ2v) is 5.95. The van der Waals surface area contributed by atoms with Crippen molar-refractivity contribution in [1.82, 2.24) is 14.8 Å². The van der Waals surface area contributed by atoms with Gasteiger partial charge >= 0.3 is 0 Å². The third-order valence-electron chi connectivity index (χ3n) is 4.26. The van der Waals surface area contributed by atoms with E-state index in [1.165, 1.54) is 5.56 Å². The van der Waals surface area contributed by atoms with Crippen LogP contribution in [0.5, 0.6) is 0 Å².